The molecule has 0 aromatic heterocycles. The fraction of sp³-hybridized carbons (Fsp3) is 0.588. The lowest BCUT2D eigenvalue weighted by Gasteiger charge is -2.29. The molecule has 1 fully saturated rings. The van der Waals surface area contributed by atoms with E-state index >= 15 is 0 Å². The Labute approximate surface area is 149 Å². The van der Waals surface area contributed by atoms with E-state index in [4.69, 9.17) is 28.6 Å². The summed E-state index contributed by atoms with van der Waals surface area (Å²) >= 11 is 11.5. The zero-order valence-corrected chi connectivity index (χ0v) is 15.3. The van der Waals surface area contributed by atoms with Gasteiger partial charge in [0.2, 0.25) is 0 Å². The summed E-state index contributed by atoms with van der Waals surface area (Å²) in [6.07, 6.45) is 1.10. The number of hydrogen-bond acceptors (Lipinski definition) is 3. The van der Waals surface area contributed by atoms with Gasteiger partial charge in [-0.25, -0.2) is 0 Å². The van der Waals surface area contributed by atoms with Gasteiger partial charge in [0.1, 0.15) is 0 Å². The number of morpholine rings is 1. The minimum absolute atomic E-state index is 0.766. The second-order valence-electron chi connectivity index (χ2n) is 5.69. The normalized spacial score (nSPS) is 15.4. The Morgan fingerprint density at radius 3 is 2.65 bits per heavy atom. The molecule has 1 aromatic rings. The predicted molar refractivity (Wildman–Crippen MR) is 100 cm³/mol. The molecule has 0 amide bonds. The van der Waals surface area contributed by atoms with Crippen LogP contribution < -0.4 is 5.32 Å². The topological polar surface area (TPSA) is 27.7 Å². The van der Waals surface area contributed by atoms with Crippen LogP contribution >= 0.6 is 23.8 Å². The van der Waals surface area contributed by atoms with E-state index < -0.39 is 0 Å². The maximum atomic E-state index is 5.96. The van der Waals surface area contributed by atoms with Gasteiger partial charge in [0.25, 0.3) is 0 Å². The first-order valence-corrected chi connectivity index (χ1v) is 9.05. The summed E-state index contributed by atoms with van der Waals surface area (Å²) < 4.78 is 5.39. The van der Waals surface area contributed by atoms with Crippen molar-refractivity contribution < 1.29 is 4.74 Å². The SMILES string of the molecule is CCNC(=S)N(CCCN1CCOCC1)Cc1ccc(Cl)cc1. The first-order chi connectivity index (χ1) is 11.2. The third kappa shape index (κ3) is 6.63. The van der Waals surface area contributed by atoms with Crippen molar-refractivity contribution in [2.45, 2.75) is 19.9 Å². The summed E-state index contributed by atoms with van der Waals surface area (Å²) in [6, 6.07) is 7.98. The molecule has 1 N–H and O–H groups in total. The van der Waals surface area contributed by atoms with Crippen LogP contribution in [-0.2, 0) is 11.3 Å². The Bertz CT molecular complexity index is 477. The van der Waals surface area contributed by atoms with Gasteiger partial charge < -0.3 is 15.0 Å². The van der Waals surface area contributed by atoms with Crippen LogP contribution in [0.25, 0.3) is 0 Å². The average Bonchev–Trinajstić information content (AvgIpc) is 2.57. The van der Waals surface area contributed by atoms with Gasteiger partial charge in [0.05, 0.1) is 13.2 Å². The highest BCUT2D eigenvalue weighted by atomic mass is 35.5. The molecule has 0 spiro atoms. The van der Waals surface area contributed by atoms with E-state index in [1.54, 1.807) is 0 Å². The average molecular weight is 356 g/mol. The molecule has 4 nitrogen and oxygen atoms in total. The second kappa shape index (κ2) is 10.1. The van der Waals surface area contributed by atoms with Gasteiger partial charge in [-0.3, -0.25) is 4.90 Å². The van der Waals surface area contributed by atoms with Crippen molar-refractivity contribution in [3.8, 4) is 0 Å². The summed E-state index contributed by atoms with van der Waals surface area (Å²) in [4.78, 5) is 4.70. The number of hydrogen-bond donors (Lipinski definition) is 1. The van der Waals surface area contributed by atoms with Crippen LogP contribution in [0, 0.1) is 0 Å². The first kappa shape index (κ1) is 18.5. The van der Waals surface area contributed by atoms with E-state index in [0.717, 1.165) is 69.0 Å². The molecule has 23 heavy (non-hydrogen) atoms. The van der Waals surface area contributed by atoms with E-state index in [-0.39, 0.29) is 0 Å². The van der Waals surface area contributed by atoms with Crippen molar-refractivity contribution >= 4 is 28.9 Å². The van der Waals surface area contributed by atoms with Crippen LogP contribution in [0.2, 0.25) is 5.02 Å². The number of benzene rings is 1. The maximum absolute atomic E-state index is 5.96. The first-order valence-electron chi connectivity index (χ1n) is 8.26. The predicted octanol–water partition coefficient (Wildman–Crippen LogP) is 2.76. The van der Waals surface area contributed by atoms with Crippen LogP contribution in [0.15, 0.2) is 24.3 Å². The standard InChI is InChI=1S/C17H26ClN3OS/c1-2-19-17(23)21(14-15-4-6-16(18)7-5-15)9-3-8-20-10-12-22-13-11-20/h4-7H,2-3,8-14H2,1H3,(H,19,23). The fourth-order valence-electron chi connectivity index (χ4n) is 2.64. The van der Waals surface area contributed by atoms with Crippen molar-refractivity contribution in [1.29, 1.82) is 0 Å². The lowest BCUT2D eigenvalue weighted by molar-refractivity contribution is 0.0367. The summed E-state index contributed by atoms with van der Waals surface area (Å²) in [5.74, 6) is 0. The molecule has 1 heterocycles. The van der Waals surface area contributed by atoms with E-state index in [0.29, 0.717) is 0 Å². The monoisotopic (exact) mass is 355 g/mol. The Hall–Kier alpha value is -0.880. The Kier molecular flexibility index (Phi) is 8.09. The van der Waals surface area contributed by atoms with Crippen molar-refractivity contribution in [1.82, 2.24) is 15.1 Å². The van der Waals surface area contributed by atoms with Gasteiger partial charge in [0, 0.05) is 44.3 Å². The van der Waals surface area contributed by atoms with Crippen LogP contribution in [-0.4, -0.2) is 60.8 Å². The number of nitrogens with zero attached hydrogens (tertiary/aromatic N) is 2. The minimum Gasteiger partial charge on any atom is -0.379 e. The molecule has 2 rings (SSSR count). The third-order valence-corrected chi connectivity index (χ3v) is 4.56. The lowest BCUT2D eigenvalue weighted by Crippen LogP contribution is -2.42. The van der Waals surface area contributed by atoms with E-state index in [1.165, 1.54) is 5.56 Å². The largest absolute Gasteiger partial charge is 0.379 e. The Balaban J connectivity index is 1.85. The summed E-state index contributed by atoms with van der Waals surface area (Å²) in [7, 11) is 0. The molecule has 1 saturated heterocycles. The summed E-state index contributed by atoms with van der Waals surface area (Å²) in [5.41, 5.74) is 1.22. The molecule has 6 heteroatoms. The molecule has 128 valence electrons. The Morgan fingerprint density at radius 2 is 2.00 bits per heavy atom. The lowest BCUT2D eigenvalue weighted by atomic mass is 10.2. The van der Waals surface area contributed by atoms with Crippen LogP contribution in [0.1, 0.15) is 18.9 Å². The molecule has 0 aliphatic carbocycles. The molecule has 0 unspecified atom stereocenters. The smallest absolute Gasteiger partial charge is 0.169 e. The van der Waals surface area contributed by atoms with E-state index in [2.05, 4.69) is 34.2 Å². The molecule has 1 aromatic carbocycles. The highest BCUT2D eigenvalue weighted by Crippen LogP contribution is 2.12. The number of thiocarbonyl (C=S) groups is 1. The van der Waals surface area contributed by atoms with Gasteiger partial charge in [-0.1, -0.05) is 23.7 Å². The zero-order chi connectivity index (χ0) is 16.5. The fourth-order valence-corrected chi connectivity index (χ4v) is 3.06. The third-order valence-electron chi connectivity index (χ3n) is 3.91. The van der Waals surface area contributed by atoms with E-state index in [9.17, 15) is 0 Å². The van der Waals surface area contributed by atoms with E-state index in [1.807, 2.05) is 12.1 Å². The molecular formula is C17H26ClN3OS. The molecule has 0 atom stereocenters. The van der Waals surface area contributed by atoms with Gasteiger partial charge >= 0.3 is 0 Å². The van der Waals surface area contributed by atoms with Crippen LogP contribution in [0.5, 0.6) is 0 Å². The van der Waals surface area contributed by atoms with Crippen molar-refractivity contribution in [3.63, 3.8) is 0 Å². The number of nitrogens with one attached hydrogen (secondary N) is 1. The number of ether oxygens (including phenoxy) is 1. The maximum Gasteiger partial charge on any atom is 0.169 e. The molecule has 0 bridgehead atoms. The highest BCUT2D eigenvalue weighted by Gasteiger charge is 2.13. The summed E-state index contributed by atoms with van der Waals surface area (Å²) in [5, 5.41) is 4.85. The number of halogens is 1. The number of rotatable bonds is 7. The van der Waals surface area contributed by atoms with Gasteiger partial charge in [0.15, 0.2) is 5.11 Å². The molecular weight excluding hydrogens is 330 g/mol. The van der Waals surface area contributed by atoms with Crippen LogP contribution in [0.4, 0.5) is 0 Å². The highest BCUT2D eigenvalue weighted by molar-refractivity contribution is 7.80. The van der Waals surface area contributed by atoms with Gasteiger partial charge in [-0.2, -0.15) is 0 Å². The Morgan fingerprint density at radius 1 is 1.30 bits per heavy atom. The quantitative estimate of drug-likeness (QED) is 0.759. The summed E-state index contributed by atoms with van der Waals surface area (Å²) in [6.45, 7) is 9.55. The van der Waals surface area contributed by atoms with Gasteiger partial charge in [-0.05, 0) is 43.3 Å². The molecule has 1 aliphatic heterocycles. The van der Waals surface area contributed by atoms with Crippen molar-refractivity contribution in [2.24, 2.45) is 0 Å². The van der Waals surface area contributed by atoms with Crippen molar-refractivity contribution in [3.05, 3.63) is 34.9 Å². The molecule has 1 aliphatic rings. The minimum atomic E-state index is 0.766. The second-order valence-corrected chi connectivity index (χ2v) is 6.51. The molecule has 0 radical (unpaired) electrons. The van der Waals surface area contributed by atoms with Crippen molar-refractivity contribution in [2.75, 3.05) is 45.9 Å². The van der Waals surface area contributed by atoms with Gasteiger partial charge in [-0.15, -0.1) is 0 Å². The van der Waals surface area contributed by atoms with Crippen LogP contribution in [0.3, 0.4) is 0 Å². The molecule has 0 saturated carbocycles. The zero-order valence-electron chi connectivity index (χ0n) is 13.8.